The molecule has 17 heavy (non-hydrogen) atoms. The molecule has 0 aliphatic heterocycles. The minimum atomic E-state index is -0.405. The van der Waals surface area contributed by atoms with Gasteiger partial charge in [0.15, 0.2) is 5.75 Å². The van der Waals surface area contributed by atoms with E-state index >= 15 is 0 Å². The Hall–Kier alpha value is -1.78. The highest BCUT2D eigenvalue weighted by molar-refractivity contribution is 5.68. The van der Waals surface area contributed by atoms with E-state index in [-0.39, 0.29) is 5.69 Å². The van der Waals surface area contributed by atoms with Gasteiger partial charge in [0, 0.05) is 6.54 Å². The molecule has 0 spiro atoms. The van der Waals surface area contributed by atoms with Crippen LogP contribution in [0.3, 0.4) is 0 Å². The second kappa shape index (κ2) is 4.61. The van der Waals surface area contributed by atoms with Crippen molar-refractivity contribution in [1.29, 1.82) is 0 Å². The SMILES string of the molecule is COc1cccc(NCC2CC2C)c1[N+](=O)[O-]. The van der Waals surface area contributed by atoms with Crippen LogP contribution >= 0.6 is 0 Å². The maximum atomic E-state index is 11.0. The number of anilines is 1. The lowest BCUT2D eigenvalue weighted by molar-refractivity contribution is -0.384. The van der Waals surface area contributed by atoms with Gasteiger partial charge in [-0.1, -0.05) is 13.0 Å². The van der Waals surface area contributed by atoms with Crippen LogP contribution in [0.1, 0.15) is 13.3 Å². The Morgan fingerprint density at radius 2 is 2.29 bits per heavy atom. The number of para-hydroxylation sites is 1. The van der Waals surface area contributed by atoms with Gasteiger partial charge in [-0.2, -0.15) is 0 Å². The number of nitrogens with zero attached hydrogens (tertiary/aromatic N) is 1. The second-order valence-electron chi connectivity index (χ2n) is 4.47. The molecule has 1 fully saturated rings. The van der Waals surface area contributed by atoms with E-state index in [1.54, 1.807) is 18.2 Å². The summed E-state index contributed by atoms with van der Waals surface area (Å²) in [5.41, 5.74) is 0.553. The van der Waals surface area contributed by atoms with Gasteiger partial charge < -0.3 is 10.1 Å². The minimum absolute atomic E-state index is 0.0169. The average Bonchev–Trinajstić information content (AvgIpc) is 3.01. The first-order valence-electron chi connectivity index (χ1n) is 5.68. The molecule has 0 radical (unpaired) electrons. The molecule has 0 heterocycles. The first-order valence-corrected chi connectivity index (χ1v) is 5.68. The van der Waals surface area contributed by atoms with Crippen LogP contribution in [0.2, 0.25) is 0 Å². The monoisotopic (exact) mass is 236 g/mol. The number of nitro groups is 1. The van der Waals surface area contributed by atoms with Crippen molar-refractivity contribution in [2.75, 3.05) is 19.0 Å². The van der Waals surface area contributed by atoms with Gasteiger partial charge in [-0.05, 0) is 30.4 Å². The van der Waals surface area contributed by atoms with Crippen LogP contribution in [0, 0.1) is 22.0 Å². The molecule has 2 rings (SSSR count). The molecule has 2 atom stereocenters. The summed E-state index contributed by atoms with van der Waals surface area (Å²) in [6.07, 6.45) is 1.20. The lowest BCUT2D eigenvalue weighted by atomic mass is 10.2. The van der Waals surface area contributed by atoms with Gasteiger partial charge in [-0.25, -0.2) is 0 Å². The van der Waals surface area contributed by atoms with E-state index in [4.69, 9.17) is 4.74 Å². The number of hydrogen-bond acceptors (Lipinski definition) is 4. The highest BCUT2D eigenvalue weighted by Crippen LogP contribution is 2.39. The number of nitrogens with one attached hydrogen (secondary N) is 1. The summed E-state index contributed by atoms with van der Waals surface area (Å²) in [5, 5.41) is 14.2. The topological polar surface area (TPSA) is 64.4 Å². The Bertz CT molecular complexity index is 434. The van der Waals surface area contributed by atoms with Crippen LogP contribution in [-0.4, -0.2) is 18.6 Å². The molecule has 1 saturated carbocycles. The number of hydrogen-bond donors (Lipinski definition) is 1. The van der Waals surface area contributed by atoms with E-state index < -0.39 is 4.92 Å². The van der Waals surface area contributed by atoms with Crippen LogP contribution in [0.15, 0.2) is 18.2 Å². The van der Waals surface area contributed by atoms with Gasteiger partial charge in [0.2, 0.25) is 0 Å². The molecule has 1 aliphatic carbocycles. The quantitative estimate of drug-likeness (QED) is 0.630. The minimum Gasteiger partial charge on any atom is -0.490 e. The number of rotatable bonds is 5. The van der Waals surface area contributed by atoms with Crippen molar-refractivity contribution < 1.29 is 9.66 Å². The molecule has 1 N–H and O–H groups in total. The first-order chi connectivity index (χ1) is 8.13. The van der Waals surface area contributed by atoms with Gasteiger partial charge >= 0.3 is 5.69 Å². The average molecular weight is 236 g/mol. The first kappa shape index (κ1) is 11.7. The number of ether oxygens (including phenoxy) is 1. The standard InChI is InChI=1S/C12H16N2O3/c1-8-6-9(8)7-13-10-4-3-5-11(17-2)12(10)14(15)16/h3-5,8-9,13H,6-7H2,1-2H3. The molecule has 0 saturated heterocycles. The van der Waals surface area contributed by atoms with Crippen molar-refractivity contribution in [3.8, 4) is 5.75 Å². The van der Waals surface area contributed by atoms with Crippen LogP contribution in [0.5, 0.6) is 5.75 Å². The summed E-state index contributed by atoms with van der Waals surface area (Å²) < 4.78 is 5.01. The third-order valence-electron chi connectivity index (χ3n) is 3.23. The number of methoxy groups -OCH3 is 1. The third-order valence-corrected chi connectivity index (χ3v) is 3.23. The zero-order valence-corrected chi connectivity index (χ0v) is 9.97. The Kier molecular flexibility index (Phi) is 3.17. The highest BCUT2D eigenvalue weighted by Gasteiger charge is 2.32. The smallest absolute Gasteiger partial charge is 0.333 e. The van der Waals surface area contributed by atoms with E-state index in [9.17, 15) is 10.1 Å². The molecule has 1 aliphatic rings. The molecule has 1 aromatic rings. The molecular formula is C12H16N2O3. The van der Waals surface area contributed by atoms with Gasteiger partial charge in [-0.3, -0.25) is 10.1 Å². The van der Waals surface area contributed by atoms with Crippen molar-refractivity contribution in [1.82, 2.24) is 0 Å². The largest absolute Gasteiger partial charge is 0.490 e. The predicted octanol–water partition coefficient (Wildman–Crippen LogP) is 2.67. The molecule has 0 amide bonds. The van der Waals surface area contributed by atoms with E-state index in [0.29, 0.717) is 17.4 Å². The Balaban J connectivity index is 2.16. The maximum Gasteiger partial charge on any atom is 0.333 e. The summed E-state index contributed by atoms with van der Waals surface area (Å²) in [4.78, 5) is 10.6. The zero-order valence-electron chi connectivity index (χ0n) is 9.97. The lowest BCUT2D eigenvalue weighted by Crippen LogP contribution is -2.07. The molecule has 5 heteroatoms. The third kappa shape index (κ3) is 2.49. The number of benzene rings is 1. The summed E-state index contributed by atoms with van der Waals surface area (Å²) in [6.45, 7) is 2.97. The fourth-order valence-corrected chi connectivity index (χ4v) is 1.94. The van der Waals surface area contributed by atoms with E-state index in [0.717, 1.165) is 12.5 Å². The highest BCUT2D eigenvalue weighted by atomic mass is 16.6. The summed E-state index contributed by atoms with van der Waals surface area (Å²) in [6, 6.07) is 5.07. The normalized spacial score (nSPS) is 22.0. The van der Waals surface area contributed by atoms with Crippen molar-refractivity contribution in [3.63, 3.8) is 0 Å². The number of nitro benzene ring substituents is 1. The van der Waals surface area contributed by atoms with E-state index in [2.05, 4.69) is 12.2 Å². The van der Waals surface area contributed by atoms with Crippen molar-refractivity contribution in [2.24, 2.45) is 11.8 Å². The van der Waals surface area contributed by atoms with Gasteiger partial charge in [0.05, 0.1) is 12.0 Å². The Labute approximate surface area is 99.9 Å². The molecule has 92 valence electrons. The maximum absolute atomic E-state index is 11.0. The molecule has 5 nitrogen and oxygen atoms in total. The van der Waals surface area contributed by atoms with E-state index in [1.165, 1.54) is 13.5 Å². The fourth-order valence-electron chi connectivity index (χ4n) is 1.94. The molecule has 1 aromatic carbocycles. The second-order valence-corrected chi connectivity index (χ2v) is 4.47. The lowest BCUT2D eigenvalue weighted by Gasteiger charge is -2.08. The van der Waals surface area contributed by atoms with Crippen LogP contribution < -0.4 is 10.1 Å². The van der Waals surface area contributed by atoms with Crippen molar-refractivity contribution >= 4 is 11.4 Å². The van der Waals surface area contributed by atoms with Gasteiger partial charge in [0.25, 0.3) is 0 Å². The zero-order chi connectivity index (χ0) is 12.4. The molecule has 0 bridgehead atoms. The molecule has 2 unspecified atom stereocenters. The van der Waals surface area contributed by atoms with E-state index in [1.807, 2.05) is 0 Å². The van der Waals surface area contributed by atoms with Crippen LogP contribution in [0.4, 0.5) is 11.4 Å². The summed E-state index contributed by atoms with van der Waals surface area (Å²) >= 11 is 0. The van der Waals surface area contributed by atoms with Gasteiger partial charge in [-0.15, -0.1) is 0 Å². The molecular weight excluding hydrogens is 220 g/mol. The van der Waals surface area contributed by atoms with Crippen LogP contribution in [-0.2, 0) is 0 Å². The molecule has 0 aromatic heterocycles. The predicted molar refractivity (Wildman–Crippen MR) is 65.4 cm³/mol. The van der Waals surface area contributed by atoms with Crippen molar-refractivity contribution in [3.05, 3.63) is 28.3 Å². The van der Waals surface area contributed by atoms with Crippen LogP contribution in [0.25, 0.3) is 0 Å². The fraction of sp³-hybridized carbons (Fsp3) is 0.500. The van der Waals surface area contributed by atoms with Gasteiger partial charge in [0.1, 0.15) is 5.69 Å². The summed E-state index contributed by atoms with van der Waals surface area (Å²) in [7, 11) is 1.44. The summed E-state index contributed by atoms with van der Waals surface area (Å²) in [5.74, 6) is 1.66. The Morgan fingerprint density at radius 3 is 2.82 bits per heavy atom. The van der Waals surface area contributed by atoms with Crippen molar-refractivity contribution in [2.45, 2.75) is 13.3 Å². The Morgan fingerprint density at radius 1 is 1.59 bits per heavy atom.